The van der Waals surface area contributed by atoms with E-state index in [9.17, 15) is 4.79 Å². The molecule has 1 aromatic rings. The average Bonchev–Trinajstić information content (AvgIpc) is 2.28. The smallest absolute Gasteiger partial charge is 0.229 e. The minimum atomic E-state index is -0.0193. The molecule has 13 heavy (non-hydrogen) atoms. The Morgan fingerprint density at radius 2 is 2.46 bits per heavy atom. The number of nitrogens with one attached hydrogen (secondary N) is 2. The molecule has 1 aromatic heterocycles. The van der Waals surface area contributed by atoms with E-state index in [0.29, 0.717) is 6.54 Å². The van der Waals surface area contributed by atoms with Crippen molar-refractivity contribution in [3.05, 3.63) is 18.3 Å². The van der Waals surface area contributed by atoms with Crippen molar-refractivity contribution in [2.75, 3.05) is 17.2 Å². The summed E-state index contributed by atoms with van der Waals surface area (Å²) >= 11 is 0. The summed E-state index contributed by atoms with van der Waals surface area (Å²) in [6.45, 7) is 2.52. The van der Waals surface area contributed by atoms with Crippen molar-refractivity contribution >= 4 is 17.4 Å². The lowest BCUT2D eigenvalue weighted by atomic mass is 10.2. The van der Waals surface area contributed by atoms with E-state index in [1.165, 1.54) is 0 Å². The SMILES string of the molecule is CC1CNc2ncccc2NC1=O. The number of aromatic nitrogens is 1. The van der Waals surface area contributed by atoms with Gasteiger partial charge in [-0.2, -0.15) is 0 Å². The fraction of sp³-hybridized carbons (Fsp3) is 0.333. The second kappa shape index (κ2) is 3.05. The van der Waals surface area contributed by atoms with Crippen molar-refractivity contribution < 1.29 is 4.79 Å². The Morgan fingerprint density at radius 3 is 3.31 bits per heavy atom. The lowest BCUT2D eigenvalue weighted by molar-refractivity contribution is -0.118. The molecule has 1 unspecified atom stereocenters. The molecule has 0 saturated heterocycles. The minimum Gasteiger partial charge on any atom is -0.368 e. The van der Waals surface area contributed by atoms with Crippen LogP contribution >= 0.6 is 0 Å². The first-order valence-electron chi connectivity index (χ1n) is 4.27. The standard InChI is InChI=1S/C9H11N3O/c1-6-5-11-8-7(12-9(6)13)3-2-4-10-8/h2-4,6H,5H2,1H3,(H,10,11)(H,12,13). The van der Waals surface area contributed by atoms with E-state index in [0.717, 1.165) is 11.5 Å². The van der Waals surface area contributed by atoms with Gasteiger partial charge in [0.15, 0.2) is 0 Å². The first kappa shape index (κ1) is 8.04. The van der Waals surface area contributed by atoms with Crippen LogP contribution in [0.4, 0.5) is 11.5 Å². The molecule has 0 radical (unpaired) electrons. The Balaban J connectivity index is 2.35. The molecule has 1 atom stereocenters. The maximum Gasteiger partial charge on any atom is 0.229 e. The third kappa shape index (κ3) is 1.47. The van der Waals surface area contributed by atoms with E-state index in [1.807, 2.05) is 13.0 Å². The molecule has 0 spiro atoms. The second-order valence-corrected chi connectivity index (χ2v) is 3.17. The van der Waals surface area contributed by atoms with Crippen molar-refractivity contribution in [1.82, 2.24) is 4.98 Å². The van der Waals surface area contributed by atoms with Crippen LogP contribution in [-0.4, -0.2) is 17.4 Å². The normalized spacial score (nSPS) is 21.0. The van der Waals surface area contributed by atoms with Crippen LogP contribution in [0, 0.1) is 5.92 Å². The van der Waals surface area contributed by atoms with Gasteiger partial charge in [-0.1, -0.05) is 6.92 Å². The number of anilines is 2. The molecule has 4 nitrogen and oxygen atoms in total. The number of pyridine rings is 1. The fourth-order valence-corrected chi connectivity index (χ4v) is 1.25. The van der Waals surface area contributed by atoms with Crippen LogP contribution in [0.5, 0.6) is 0 Å². The molecule has 2 heterocycles. The molecule has 0 saturated carbocycles. The fourth-order valence-electron chi connectivity index (χ4n) is 1.25. The first-order valence-corrected chi connectivity index (χ1v) is 4.27. The summed E-state index contributed by atoms with van der Waals surface area (Å²) in [5, 5.41) is 5.92. The highest BCUT2D eigenvalue weighted by atomic mass is 16.1. The van der Waals surface area contributed by atoms with Gasteiger partial charge in [0.05, 0.1) is 11.6 Å². The average molecular weight is 177 g/mol. The maximum atomic E-state index is 11.4. The number of amides is 1. The Hall–Kier alpha value is -1.58. The summed E-state index contributed by atoms with van der Waals surface area (Å²) in [7, 11) is 0. The lowest BCUT2D eigenvalue weighted by Gasteiger charge is -2.04. The zero-order valence-electron chi connectivity index (χ0n) is 7.37. The number of rotatable bonds is 0. The molecular weight excluding hydrogens is 166 g/mol. The largest absolute Gasteiger partial charge is 0.368 e. The number of nitrogens with zero attached hydrogens (tertiary/aromatic N) is 1. The van der Waals surface area contributed by atoms with Crippen molar-refractivity contribution in [3.8, 4) is 0 Å². The molecule has 68 valence electrons. The van der Waals surface area contributed by atoms with E-state index in [1.54, 1.807) is 12.3 Å². The van der Waals surface area contributed by atoms with Gasteiger partial charge in [0, 0.05) is 12.7 Å². The van der Waals surface area contributed by atoms with Crippen molar-refractivity contribution in [3.63, 3.8) is 0 Å². The van der Waals surface area contributed by atoms with E-state index < -0.39 is 0 Å². The van der Waals surface area contributed by atoms with Gasteiger partial charge in [0.2, 0.25) is 5.91 Å². The van der Waals surface area contributed by atoms with Crippen LogP contribution in [0.25, 0.3) is 0 Å². The van der Waals surface area contributed by atoms with Crippen molar-refractivity contribution in [2.45, 2.75) is 6.92 Å². The summed E-state index contributed by atoms with van der Waals surface area (Å²) in [5.41, 5.74) is 0.761. The van der Waals surface area contributed by atoms with Crippen molar-refractivity contribution in [1.29, 1.82) is 0 Å². The van der Waals surface area contributed by atoms with E-state index in [2.05, 4.69) is 15.6 Å². The third-order valence-corrected chi connectivity index (χ3v) is 2.09. The molecule has 0 aliphatic carbocycles. The summed E-state index contributed by atoms with van der Waals surface area (Å²) < 4.78 is 0. The summed E-state index contributed by atoms with van der Waals surface area (Å²) in [6.07, 6.45) is 1.70. The summed E-state index contributed by atoms with van der Waals surface area (Å²) in [5.74, 6) is 0.772. The number of fused-ring (bicyclic) bond motifs is 1. The van der Waals surface area contributed by atoms with Gasteiger partial charge < -0.3 is 10.6 Å². The molecule has 2 rings (SSSR count). The molecule has 0 aromatic carbocycles. The molecule has 2 N–H and O–H groups in total. The third-order valence-electron chi connectivity index (χ3n) is 2.09. The lowest BCUT2D eigenvalue weighted by Crippen LogP contribution is -2.22. The van der Waals surface area contributed by atoms with E-state index in [4.69, 9.17) is 0 Å². The van der Waals surface area contributed by atoms with Crippen LogP contribution in [-0.2, 0) is 4.79 Å². The highest BCUT2D eigenvalue weighted by molar-refractivity contribution is 5.96. The Labute approximate surface area is 76.4 Å². The minimum absolute atomic E-state index is 0.0193. The van der Waals surface area contributed by atoms with Crippen LogP contribution in [0.3, 0.4) is 0 Å². The highest BCUT2D eigenvalue weighted by Gasteiger charge is 2.18. The zero-order valence-corrected chi connectivity index (χ0v) is 7.37. The molecule has 1 amide bonds. The Bertz CT molecular complexity index is 337. The monoisotopic (exact) mass is 177 g/mol. The molecular formula is C9H11N3O. The Morgan fingerprint density at radius 1 is 1.62 bits per heavy atom. The van der Waals surface area contributed by atoms with E-state index >= 15 is 0 Å². The predicted molar refractivity (Wildman–Crippen MR) is 50.5 cm³/mol. The van der Waals surface area contributed by atoms with Gasteiger partial charge in [-0.05, 0) is 12.1 Å². The molecule has 1 aliphatic heterocycles. The number of hydrogen-bond donors (Lipinski definition) is 2. The molecule has 4 heteroatoms. The number of hydrogen-bond acceptors (Lipinski definition) is 3. The van der Waals surface area contributed by atoms with Crippen molar-refractivity contribution in [2.24, 2.45) is 5.92 Å². The molecule has 0 fully saturated rings. The van der Waals surface area contributed by atoms with Gasteiger partial charge >= 0.3 is 0 Å². The number of carbonyl (C=O) groups excluding carboxylic acids is 1. The predicted octanol–water partition coefficient (Wildman–Crippen LogP) is 1.08. The van der Waals surface area contributed by atoms with Crippen LogP contribution in [0.1, 0.15) is 6.92 Å². The van der Waals surface area contributed by atoms with Crippen LogP contribution in [0.15, 0.2) is 18.3 Å². The summed E-state index contributed by atoms with van der Waals surface area (Å²) in [4.78, 5) is 15.5. The molecule has 0 bridgehead atoms. The quantitative estimate of drug-likeness (QED) is 0.623. The van der Waals surface area contributed by atoms with Crippen LogP contribution in [0.2, 0.25) is 0 Å². The number of carbonyl (C=O) groups is 1. The molecule has 1 aliphatic rings. The van der Waals surface area contributed by atoms with Gasteiger partial charge in [-0.15, -0.1) is 0 Å². The summed E-state index contributed by atoms with van der Waals surface area (Å²) in [6, 6.07) is 3.64. The topological polar surface area (TPSA) is 54.0 Å². The van der Waals surface area contributed by atoms with Gasteiger partial charge in [-0.3, -0.25) is 4.79 Å². The van der Waals surface area contributed by atoms with Crippen LogP contribution < -0.4 is 10.6 Å². The first-order chi connectivity index (χ1) is 6.27. The van der Waals surface area contributed by atoms with Gasteiger partial charge in [0.1, 0.15) is 5.82 Å². The Kier molecular flexibility index (Phi) is 1.88. The second-order valence-electron chi connectivity index (χ2n) is 3.17. The van der Waals surface area contributed by atoms with Gasteiger partial charge in [-0.25, -0.2) is 4.98 Å². The maximum absolute atomic E-state index is 11.4. The van der Waals surface area contributed by atoms with Gasteiger partial charge in [0.25, 0.3) is 0 Å². The van der Waals surface area contributed by atoms with E-state index in [-0.39, 0.29) is 11.8 Å². The highest BCUT2D eigenvalue weighted by Crippen LogP contribution is 2.21. The zero-order chi connectivity index (χ0) is 9.26.